The molecule has 4 aliphatic rings. The van der Waals surface area contributed by atoms with Crippen molar-refractivity contribution in [3.05, 3.63) is 60.0 Å². The molecule has 5 heterocycles. The number of ether oxygens (including phenoxy) is 1. The van der Waals surface area contributed by atoms with Gasteiger partial charge in [0.15, 0.2) is 0 Å². The molecule has 41 heavy (non-hydrogen) atoms. The molecule has 3 aromatic rings. The van der Waals surface area contributed by atoms with Gasteiger partial charge in [-0.25, -0.2) is 0 Å². The maximum atomic E-state index is 14.0. The van der Waals surface area contributed by atoms with E-state index < -0.39 is 11.5 Å². The Balaban J connectivity index is 1.06. The Morgan fingerprint density at radius 1 is 1.07 bits per heavy atom. The number of nitrogens with zero attached hydrogens (tertiary/aromatic N) is 4. The van der Waals surface area contributed by atoms with Crippen LogP contribution in [0.4, 0.5) is 5.69 Å². The normalized spacial score (nSPS) is 25.8. The molecule has 10 heteroatoms. The summed E-state index contributed by atoms with van der Waals surface area (Å²) in [6.45, 7) is 9.95. The third-order valence-corrected chi connectivity index (χ3v) is 9.37. The fourth-order valence-electron chi connectivity index (χ4n) is 6.95. The van der Waals surface area contributed by atoms with Crippen LogP contribution < -0.4 is 10.2 Å². The van der Waals surface area contributed by atoms with Crippen LogP contribution in [0.15, 0.2) is 48.7 Å². The Bertz CT molecular complexity index is 1510. The SMILES string of the molecule is CC(C)(C)C(NC(=O)c1cc2ccccc2[nH]1)C(=O)N1CC2N(C(=O)c3cc(N4CCOCC4)ccn3)CC23CC13. The molecule has 3 aliphatic heterocycles. The van der Waals surface area contributed by atoms with Crippen LogP contribution in [-0.4, -0.2) is 95.0 Å². The zero-order valence-electron chi connectivity index (χ0n) is 23.7. The second-order valence-corrected chi connectivity index (χ2v) is 12.9. The van der Waals surface area contributed by atoms with E-state index in [2.05, 4.69) is 20.2 Å². The van der Waals surface area contributed by atoms with Crippen molar-refractivity contribution in [3.63, 3.8) is 0 Å². The van der Waals surface area contributed by atoms with Crippen LogP contribution in [0, 0.1) is 10.8 Å². The van der Waals surface area contributed by atoms with Gasteiger partial charge in [0.25, 0.3) is 11.8 Å². The minimum absolute atomic E-state index is 0.0252. The number of fused-ring (bicyclic) bond motifs is 1. The Morgan fingerprint density at radius 2 is 1.85 bits per heavy atom. The van der Waals surface area contributed by atoms with Crippen LogP contribution in [-0.2, 0) is 9.53 Å². The summed E-state index contributed by atoms with van der Waals surface area (Å²) in [7, 11) is 0. The van der Waals surface area contributed by atoms with E-state index >= 15 is 0 Å². The van der Waals surface area contributed by atoms with Crippen molar-refractivity contribution in [2.75, 3.05) is 44.3 Å². The molecule has 2 aromatic heterocycles. The number of aromatic amines is 1. The average molecular weight is 557 g/mol. The Kier molecular flexibility index (Phi) is 5.90. The average Bonchev–Trinajstić information content (AvgIpc) is 3.48. The standard InChI is InChI=1S/C31H36N6O4/c1-30(2,3)26(34-27(38)22-14-19-6-4-5-7-21(19)33-22)29(40)36-17-25-31(16-24(31)36)18-37(25)28(39)23-15-20(8-9-32-23)35-10-12-41-13-11-35/h4-9,14-15,24-26,33H,10-13,16-18H2,1-3H3,(H,34,38). The lowest BCUT2D eigenvalue weighted by Gasteiger charge is -2.46. The van der Waals surface area contributed by atoms with Crippen molar-refractivity contribution in [2.45, 2.75) is 45.3 Å². The number of hydrogen-bond acceptors (Lipinski definition) is 6. The first-order valence-electron chi connectivity index (χ1n) is 14.4. The molecule has 1 aliphatic carbocycles. The number of para-hydroxylation sites is 1. The molecule has 1 spiro atoms. The summed E-state index contributed by atoms with van der Waals surface area (Å²) < 4.78 is 5.46. The number of rotatable bonds is 5. The number of carbonyl (C=O) groups excluding carboxylic acids is 3. The molecular formula is C31H36N6O4. The highest BCUT2D eigenvalue weighted by molar-refractivity contribution is 6.00. The number of likely N-dealkylation sites (tertiary alicyclic amines) is 2. The second kappa shape index (κ2) is 9.30. The van der Waals surface area contributed by atoms with Crippen LogP contribution in [0.5, 0.6) is 0 Å². The van der Waals surface area contributed by atoms with Crippen molar-refractivity contribution in [1.29, 1.82) is 0 Å². The van der Waals surface area contributed by atoms with E-state index in [1.807, 2.05) is 73.0 Å². The predicted octanol–water partition coefficient (Wildman–Crippen LogP) is 2.67. The molecule has 4 unspecified atom stereocenters. The minimum atomic E-state index is -0.701. The molecule has 3 saturated heterocycles. The number of benzene rings is 1. The molecule has 10 nitrogen and oxygen atoms in total. The molecule has 4 fully saturated rings. The Hall–Kier alpha value is -3.92. The first-order chi connectivity index (χ1) is 19.7. The number of nitrogens with one attached hydrogen (secondary N) is 2. The summed E-state index contributed by atoms with van der Waals surface area (Å²) in [6.07, 6.45) is 2.59. The third kappa shape index (κ3) is 4.27. The van der Waals surface area contributed by atoms with Crippen LogP contribution in [0.3, 0.4) is 0 Å². The number of aromatic nitrogens is 2. The molecular weight excluding hydrogens is 520 g/mol. The van der Waals surface area contributed by atoms with E-state index in [4.69, 9.17) is 4.74 Å². The number of morpholine rings is 1. The molecule has 0 bridgehead atoms. The van der Waals surface area contributed by atoms with Gasteiger partial charge >= 0.3 is 0 Å². The smallest absolute Gasteiger partial charge is 0.272 e. The predicted molar refractivity (Wildman–Crippen MR) is 154 cm³/mol. The highest BCUT2D eigenvalue weighted by atomic mass is 16.5. The monoisotopic (exact) mass is 556 g/mol. The van der Waals surface area contributed by atoms with Crippen molar-refractivity contribution in [1.82, 2.24) is 25.1 Å². The molecule has 4 atom stereocenters. The van der Waals surface area contributed by atoms with Gasteiger partial charge in [0.05, 0.1) is 19.3 Å². The van der Waals surface area contributed by atoms with E-state index in [1.54, 1.807) is 6.20 Å². The number of anilines is 1. The van der Waals surface area contributed by atoms with E-state index in [0.717, 1.165) is 36.1 Å². The van der Waals surface area contributed by atoms with Crippen LogP contribution in [0.2, 0.25) is 0 Å². The number of amides is 3. The van der Waals surface area contributed by atoms with E-state index in [9.17, 15) is 14.4 Å². The maximum Gasteiger partial charge on any atom is 0.272 e. The van der Waals surface area contributed by atoms with E-state index in [-0.39, 0.29) is 35.2 Å². The van der Waals surface area contributed by atoms with E-state index in [1.165, 1.54) is 0 Å². The van der Waals surface area contributed by atoms with Crippen molar-refractivity contribution in [3.8, 4) is 0 Å². The van der Waals surface area contributed by atoms with Crippen molar-refractivity contribution >= 4 is 34.3 Å². The summed E-state index contributed by atoms with van der Waals surface area (Å²) in [5, 5.41) is 3.98. The largest absolute Gasteiger partial charge is 0.378 e. The second-order valence-electron chi connectivity index (χ2n) is 12.9. The fraction of sp³-hybridized carbons (Fsp3) is 0.484. The first-order valence-corrected chi connectivity index (χ1v) is 14.4. The maximum absolute atomic E-state index is 14.0. The molecule has 7 rings (SSSR count). The van der Waals surface area contributed by atoms with Crippen molar-refractivity contribution in [2.24, 2.45) is 10.8 Å². The number of H-pyrrole nitrogens is 1. The molecule has 3 amide bonds. The third-order valence-electron chi connectivity index (χ3n) is 9.37. The Morgan fingerprint density at radius 3 is 2.61 bits per heavy atom. The summed E-state index contributed by atoms with van der Waals surface area (Å²) >= 11 is 0. The first kappa shape index (κ1) is 26.0. The molecule has 2 N–H and O–H groups in total. The van der Waals surface area contributed by atoms with Gasteiger partial charge in [-0.15, -0.1) is 0 Å². The van der Waals surface area contributed by atoms with Gasteiger partial charge in [-0.05, 0) is 36.1 Å². The lowest BCUT2D eigenvalue weighted by Crippen LogP contribution is -2.61. The number of carbonyl (C=O) groups is 3. The Labute approximate surface area is 239 Å². The van der Waals surface area contributed by atoms with E-state index in [0.29, 0.717) is 37.7 Å². The summed E-state index contributed by atoms with van der Waals surface area (Å²) in [6, 6.07) is 12.7. The summed E-state index contributed by atoms with van der Waals surface area (Å²) in [4.78, 5) is 54.4. The zero-order chi connectivity index (χ0) is 28.5. The quantitative estimate of drug-likeness (QED) is 0.500. The zero-order valence-corrected chi connectivity index (χ0v) is 23.7. The molecule has 214 valence electrons. The van der Waals surface area contributed by atoms with Gasteiger partial charge in [-0.2, -0.15) is 0 Å². The highest BCUT2D eigenvalue weighted by Crippen LogP contribution is 2.65. The van der Waals surface area contributed by atoms with Gasteiger partial charge in [0, 0.05) is 60.4 Å². The number of piperidine rings is 1. The number of hydrogen-bond donors (Lipinski definition) is 2. The molecule has 1 aromatic carbocycles. The van der Waals surface area contributed by atoms with Crippen molar-refractivity contribution < 1.29 is 19.1 Å². The lowest BCUT2D eigenvalue weighted by atomic mass is 9.85. The summed E-state index contributed by atoms with van der Waals surface area (Å²) in [5.41, 5.74) is 2.19. The van der Waals surface area contributed by atoms with Gasteiger partial charge in [0.2, 0.25) is 5.91 Å². The van der Waals surface area contributed by atoms with Crippen LogP contribution >= 0.6 is 0 Å². The van der Waals surface area contributed by atoms with Gasteiger partial charge < -0.3 is 29.7 Å². The van der Waals surface area contributed by atoms with Crippen LogP contribution in [0.25, 0.3) is 10.9 Å². The van der Waals surface area contributed by atoms with Crippen LogP contribution in [0.1, 0.15) is 48.2 Å². The lowest BCUT2D eigenvalue weighted by molar-refractivity contribution is -0.135. The van der Waals surface area contributed by atoms with Gasteiger partial charge in [-0.3, -0.25) is 19.4 Å². The van der Waals surface area contributed by atoms with Gasteiger partial charge in [0.1, 0.15) is 17.4 Å². The number of pyridine rings is 1. The summed E-state index contributed by atoms with van der Waals surface area (Å²) in [5.74, 6) is -0.474. The minimum Gasteiger partial charge on any atom is -0.378 e. The fourth-order valence-corrected chi connectivity index (χ4v) is 6.95. The highest BCUT2D eigenvalue weighted by Gasteiger charge is 2.76. The topological polar surface area (TPSA) is 111 Å². The molecule has 1 saturated carbocycles. The van der Waals surface area contributed by atoms with Gasteiger partial charge in [-0.1, -0.05) is 39.0 Å². The molecule has 0 radical (unpaired) electrons.